The van der Waals surface area contributed by atoms with Crippen molar-refractivity contribution in [3.63, 3.8) is 0 Å². The predicted octanol–water partition coefficient (Wildman–Crippen LogP) is 3.88. The zero-order valence-corrected chi connectivity index (χ0v) is 12.8. The maximum Gasteiger partial charge on any atom is 0.0360 e. The summed E-state index contributed by atoms with van der Waals surface area (Å²) in [6.07, 6.45) is 5.50. The lowest BCUT2D eigenvalue weighted by atomic mass is 10.2. The first-order valence-corrected chi connectivity index (χ1v) is 6.95. The molecule has 0 heterocycles. The third kappa shape index (κ3) is 10.2. The molecule has 0 aromatic heterocycles. The molecule has 0 atom stereocenters. The van der Waals surface area contributed by atoms with Crippen molar-refractivity contribution in [3.05, 3.63) is 30.3 Å². The fourth-order valence-corrected chi connectivity index (χ4v) is 1.58. The molecule has 0 spiro atoms. The van der Waals surface area contributed by atoms with Crippen LogP contribution in [0.2, 0.25) is 0 Å². The molecule has 1 rings (SSSR count). The van der Waals surface area contributed by atoms with Crippen LogP contribution in [0.1, 0.15) is 32.6 Å². The molecule has 2 nitrogen and oxygen atoms in total. The van der Waals surface area contributed by atoms with Gasteiger partial charge in [-0.05, 0) is 39.2 Å². The van der Waals surface area contributed by atoms with E-state index in [4.69, 9.17) is 0 Å². The van der Waals surface area contributed by atoms with Crippen LogP contribution in [0.3, 0.4) is 0 Å². The van der Waals surface area contributed by atoms with Gasteiger partial charge in [0.25, 0.3) is 0 Å². The maximum atomic E-state index is 2.25. The summed E-state index contributed by atoms with van der Waals surface area (Å²) in [7, 11) is 8.34. The smallest absolute Gasteiger partial charge is 0.0360 e. The molecule has 0 bridgehead atoms. The van der Waals surface area contributed by atoms with Crippen molar-refractivity contribution in [2.75, 3.05) is 39.6 Å². The number of hydrogen-bond acceptors (Lipinski definition) is 2. The van der Waals surface area contributed by atoms with Gasteiger partial charge < -0.3 is 9.80 Å². The minimum absolute atomic E-state index is 1.25. The fourth-order valence-electron chi connectivity index (χ4n) is 1.58. The van der Waals surface area contributed by atoms with Gasteiger partial charge in [-0.1, -0.05) is 44.4 Å². The normalized spacial score (nSPS) is 9.89. The molecular weight excluding hydrogens is 220 g/mol. The first-order valence-electron chi connectivity index (χ1n) is 6.95. The van der Waals surface area contributed by atoms with Crippen molar-refractivity contribution >= 4 is 5.69 Å². The Hall–Kier alpha value is -1.02. The van der Waals surface area contributed by atoms with Crippen LogP contribution in [0.25, 0.3) is 0 Å². The van der Waals surface area contributed by atoms with E-state index in [1.54, 1.807) is 0 Å². The average molecular weight is 250 g/mol. The standard InChI is InChI=1S/C8H11N.C8H19N/c1-9(2)8-6-4-3-5-7-8;1-4-5-6-7-8-9(2)3/h3-7H,1-2H3;4-8H2,1-3H3. The van der Waals surface area contributed by atoms with Gasteiger partial charge in [0.1, 0.15) is 0 Å². The molecule has 1 aromatic rings. The summed E-state index contributed by atoms with van der Waals surface area (Å²) < 4.78 is 0. The zero-order valence-electron chi connectivity index (χ0n) is 12.8. The summed E-state index contributed by atoms with van der Waals surface area (Å²) in [5, 5.41) is 0. The van der Waals surface area contributed by atoms with Crippen molar-refractivity contribution in [1.29, 1.82) is 0 Å². The summed E-state index contributed by atoms with van der Waals surface area (Å²) >= 11 is 0. The van der Waals surface area contributed by atoms with Crippen molar-refractivity contribution in [2.45, 2.75) is 32.6 Å². The van der Waals surface area contributed by atoms with E-state index < -0.39 is 0 Å². The minimum Gasteiger partial charge on any atom is -0.378 e. The molecule has 0 radical (unpaired) electrons. The molecule has 0 aliphatic heterocycles. The molecule has 0 aliphatic carbocycles. The number of rotatable bonds is 6. The Morgan fingerprint density at radius 3 is 1.83 bits per heavy atom. The van der Waals surface area contributed by atoms with Crippen LogP contribution in [0.5, 0.6) is 0 Å². The predicted molar refractivity (Wildman–Crippen MR) is 83.5 cm³/mol. The van der Waals surface area contributed by atoms with Crippen LogP contribution in [0.4, 0.5) is 5.69 Å². The van der Waals surface area contributed by atoms with E-state index in [9.17, 15) is 0 Å². The summed E-state index contributed by atoms with van der Waals surface area (Å²) in [6.45, 7) is 3.50. The molecule has 0 saturated carbocycles. The zero-order chi connectivity index (χ0) is 13.8. The number of anilines is 1. The van der Waals surface area contributed by atoms with Crippen LogP contribution < -0.4 is 4.90 Å². The molecule has 1 aromatic carbocycles. The summed E-state index contributed by atoms with van der Waals surface area (Å²) in [5.74, 6) is 0. The summed E-state index contributed by atoms with van der Waals surface area (Å²) in [6, 6.07) is 10.3. The van der Waals surface area contributed by atoms with E-state index in [0.29, 0.717) is 0 Å². The van der Waals surface area contributed by atoms with Gasteiger partial charge in [-0.15, -0.1) is 0 Å². The third-order valence-corrected chi connectivity index (χ3v) is 2.73. The van der Waals surface area contributed by atoms with E-state index in [-0.39, 0.29) is 0 Å². The van der Waals surface area contributed by atoms with E-state index in [1.165, 1.54) is 37.9 Å². The van der Waals surface area contributed by atoms with E-state index in [2.05, 4.69) is 43.0 Å². The maximum absolute atomic E-state index is 2.25. The number of para-hydroxylation sites is 1. The number of benzene rings is 1. The van der Waals surface area contributed by atoms with E-state index in [0.717, 1.165) is 0 Å². The Morgan fingerprint density at radius 1 is 0.833 bits per heavy atom. The largest absolute Gasteiger partial charge is 0.378 e. The molecule has 0 aliphatic rings. The van der Waals surface area contributed by atoms with Crippen LogP contribution in [0.15, 0.2) is 30.3 Å². The topological polar surface area (TPSA) is 6.48 Å². The second kappa shape index (κ2) is 11.1. The average Bonchev–Trinajstić information content (AvgIpc) is 2.36. The molecule has 2 heteroatoms. The molecule has 18 heavy (non-hydrogen) atoms. The molecule has 104 valence electrons. The Bertz CT molecular complexity index is 268. The van der Waals surface area contributed by atoms with Gasteiger partial charge in [-0.3, -0.25) is 0 Å². The Kier molecular flexibility index (Phi) is 10.5. The van der Waals surface area contributed by atoms with Crippen molar-refractivity contribution in [1.82, 2.24) is 4.90 Å². The quantitative estimate of drug-likeness (QED) is 0.707. The SMILES string of the molecule is CCCCCCN(C)C.CN(C)c1ccccc1. The lowest BCUT2D eigenvalue weighted by molar-refractivity contribution is 0.391. The highest BCUT2D eigenvalue weighted by molar-refractivity contribution is 5.43. The highest BCUT2D eigenvalue weighted by Crippen LogP contribution is 2.07. The first-order chi connectivity index (χ1) is 8.57. The molecular formula is C16H30N2. The summed E-state index contributed by atoms with van der Waals surface area (Å²) in [5.41, 5.74) is 1.25. The number of hydrogen-bond donors (Lipinski definition) is 0. The Balaban J connectivity index is 0.000000321. The highest BCUT2D eigenvalue weighted by atomic mass is 15.1. The Labute approximate surface area is 114 Å². The fraction of sp³-hybridized carbons (Fsp3) is 0.625. The second-order valence-corrected chi connectivity index (χ2v) is 5.09. The van der Waals surface area contributed by atoms with Gasteiger partial charge in [0, 0.05) is 19.8 Å². The third-order valence-electron chi connectivity index (χ3n) is 2.73. The highest BCUT2D eigenvalue weighted by Gasteiger charge is 1.88. The van der Waals surface area contributed by atoms with Gasteiger partial charge in [-0.2, -0.15) is 0 Å². The molecule has 0 unspecified atom stereocenters. The molecule has 0 amide bonds. The lowest BCUT2D eigenvalue weighted by Crippen LogP contribution is -2.12. The van der Waals surface area contributed by atoms with Crippen molar-refractivity contribution < 1.29 is 0 Å². The van der Waals surface area contributed by atoms with Gasteiger partial charge in [0.2, 0.25) is 0 Å². The number of unbranched alkanes of at least 4 members (excludes halogenated alkanes) is 3. The molecule has 0 N–H and O–H groups in total. The molecule has 0 fully saturated rings. The van der Waals surface area contributed by atoms with Gasteiger partial charge in [0.15, 0.2) is 0 Å². The number of nitrogens with zero attached hydrogens (tertiary/aromatic N) is 2. The molecule has 0 saturated heterocycles. The van der Waals surface area contributed by atoms with Crippen LogP contribution in [-0.2, 0) is 0 Å². The van der Waals surface area contributed by atoms with Gasteiger partial charge in [0.05, 0.1) is 0 Å². The van der Waals surface area contributed by atoms with Crippen molar-refractivity contribution in [3.8, 4) is 0 Å². The van der Waals surface area contributed by atoms with E-state index >= 15 is 0 Å². The minimum atomic E-state index is 1.25. The summed E-state index contributed by atoms with van der Waals surface area (Å²) in [4.78, 5) is 4.33. The van der Waals surface area contributed by atoms with Gasteiger partial charge in [-0.25, -0.2) is 0 Å². The van der Waals surface area contributed by atoms with Gasteiger partial charge >= 0.3 is 0 Å². The van der Waals surface area contributed by atoms with Crippen LogP contribution in [0, 0.1) is 0 Å². The van der Waals surface area contributed by atoms with Crippen LogP contribution >= 0.6 is 0 Å². The first kappa shape index (κ1) is 17.0. The lowest BCUT2D eigenvalue weighted by Gasteiger charge is -2.10. The van der Waals surface area contributed by atoms with Crippen molar-refractivity contribution in [2.24, 2.45) is 0 Å². The second-order valence-electron chi connectivity index (χ2n) is 5.09. The van der Waals surface area contributed by atoms with Crippen LogP contribution in [-0.4, -0.2) is 39.6 Å². The monoisotopic (exact) mass is 250 g/mol. The Morgan fingerprint density at radius 2 is 1.44 bits per heavy atom. The van der Waals surface area contributed by atoms with E-state index in [1.807, 2.05) is 32.3 Å².